The lowest BCUT2D eigenvalue weighted by Crippen LogP contribution is -2.10. The van der Waals surface area contributed by atoms with Crippen LogP contribution in [-0.4, -0.2) is 21.1 Å². The van der Waals surface area contributed by atoms with Gasteiger partial charge < -0.3 is 0 Å². The lowest BCUT2D eigenvalue weighted by Gasteiger charge is -2.18. The number of benzene rings is 1. The van der Waals surface area contributed by atoms with Gasteiger partial charge >= 0.3 is 0 Å². The molecule has 0 aliphatic carbocycles. The predicted molar refractivity (Wildman–Crippen MR) is 94.2 cm³/mol. The third-order valence-corrected chi connectivity index (χ3v) is 3.83. The standard InChI is InChI=1S/C17H24N4S/c1-5-6-7-15-19-20-16(22)21(15)18-12-13-8-10-14(11-9-13)17(2,3)4/h8-12H,5-7H2,1-4H3,(H,20,22)/b18-12+. The summed E-state index contributed by atoms with van der Waals surface area (Å²) >= 11 is 5.24. The van der Waals surface area contributed by atoms with E-state index in [0.29, 0.717) is 4.77 Å². The molecule has 0 atom stereocenters. The number of hydrogen-bond acceptors (Lipinski definition) is 3. The molecule has 0 saturated heterocycles. The fourth-order valence-electron chi connectivity index (χ4n) is 2.13. The summed E-state index contributed by atoms with van der Waals surface area (Å²) in [5.41, 5.74) is 2.53. The van der Waals surface area contributed by atoms with Crippen LogP contribution in [0.25, 0.3) is 0 Å². The van der Waals surface area contributed by atoms with Crippen LogP contribution in [0.5, 0.6) is 0 Å². The van der Waals surface area contributed by atoms with Gasteiger partial charge in [-0.15, -0.1) is 0 Å². The number of unbranched alkanes of at least 4 members (excludes halogenated alkanes) is 1. The second-order valence-electron chi connectivity index (χ2n) is 6.48. The van der Waals surface area contributed by atoms with E-state index in [1.165, 1.54) is 5.56 Å². The number of rotatable bonds is 5. The van der Waals surface area contributed by atoms with E-state index in [-0.39, 0.29) is 5.41 Å². The highest BCUT2D eigenvalue weighted by Crippen LogP contribution is 2.21. The summed E-state index contributed by atoms with van der Waals surface area (Å²) in [6.45, 7) is 8.79. The molecule has 0 aliphatic heterocycles. The second kappa shape index (κ2) is 7.01. The number of hydrogen-bond donors (Lipinski definition) is 1. The molecule has 1 N–H and O–H groups in total. The molecule has 4 nitrogen and oxygen atoms in total. The largest absolute Gasteiger partial charge is 0.250 e. The van der Waals surface area contributed by atoms with E-state index >= 15 is 0 Å². The Morgan fingerprint density at radius 3 is 2.55 bits per heavy atom. The minimum atomic E-state index is 0.163. The van der Waals surface area contributed by atoms with E-state index in [2.05, 4.69) is 67.3 Å². The van der Waals surface area contributed by atoms with Crippen molar-refractivity contribution in [2.45, 2.75) is 52.4 Å². The lowest BCUT2D eigenvalue weighted by atomic mass is 9.87. The molecule has 22 heavy (non-hydrogen) atoms. The minimum Gasteiger partial charge on any atom is -0.250 e. The summed E-state index contributed by atoms with van der Waals surface area (Å²) in [5.74, 6) is 0.884. The van der Waals surface area contributed by atoms with Crippen LogP contribution in [0.4, 0.5) is 0 Å². The quantitative estimate of drug-likeness (QED) is 0.654. The highest BCUT2D eigenvalue weighted by atomic mass is 32.1. The van der Waals surface area contributed by atoms with Crippen LogP contribution in [0.15, 0.2) is 29.4 Å². The van der Waals surface area contributed by atoms with Crippen molar-refractivity contribution in [3.8, 4) is 0 Å². The molecule has 0 saturated carbocycles. The highest BCUT2D eigenvalue weighted by Gasteiger charge is 2.12. The molecule has 0 amide bonds. The molecule has 118 valence electrons. The molecule has 0 spiro atoms. The van der Waals surface area contributed by atoms with Gasteiger partial charge in [-0.3, -0.25) is 5.10 Å². The Morgan fingerprint density at radius 2 is 1.95 bits per heavy atom. The van der Waals surface area contributed by atoms with Gasteiger partial charge in [-0.25, -0.2) is 0 Å². The number of aromatic amines is 1. The maximum atomic E-state index is 5.24. The summed E-state index contributed by atoms with van der Waals surface area (Å²) < 4.78 is 2.25. The maximum Gasteiger partial charge on any atom is 0.216 e. The molecule has 0 aliphatic rings. The molecule has 0 radical (unpaired) electrons. The van der Waals surface area contributed by atoms with Gasteiger partial charge in [-0.2, -0.15) is 14.9 Å². The van der Waals surface area contributed by atoms with Gasteiger partial charge in [0.05, 0.1) is 6.21 Å². The highest BCUT2D eigenvalue weighted by molar-refractivity contribution is 7.71. The van der Waals surface area contributed by atoms with Crippen molar-refractivity contribution in [1.82, 2.24) is 14.9 Å². The average molecular weight is 316 g/mol. The molecule has 2 rings (SSSR count). The molecule has 1 heterocycles. The van der Waals surface area contributed by atoms with E-state index in [9.17, 15) is 0 Å². The van der Waals surface area contributed by atoms with Crippen LogP contribution < -0.4 is 0 Å². The normalized spacial score (nSPS) is 12.2. The molecule has 1 aromatic carbocycles. The van der Waals surface area contributed by atoms with E-state index in [4.69, 9.17) is 12.2 Å². The third kappa shape index (κ3) is 4.13. The summed E-state index contributed by atoms with van der Waals surface area (Å²) in [6, 6.07) is 8.46. The van der Waals surface area contributed by atoms with Gasteiger partial charge in [0.1, 0.15) is 0 Å². The number of nitrogens with one attached hydrogen (secondary N) is 1. The molecule has 5 heteroatoms. The van der Waals surface area contributed by atoms with Crippen molar-refractivity contribution in [1.29, 1.82) is 0 Å². The Kier molecular flexibility index (Phi) is 5.29. The Morgan fingerprint density at radius 1 is 1.27 bits per heavy atom. The van der Waals surface area contributed by atoms with Crippen LogP contribution >= 0.6 is 12.2 Å². The molecule has 0 bridgehead atoms. The third-order valence-electron chi connectivity index (χ3n) is 3.57. The zero-order valence-corrected chi connectivity index (χ0v) is 14.6. The zero-order valence-electron chi connectivity index (χ0n) is 13.8. The number of nitrogens with zero attached hydrogens (tertiary/aromatic N) is 3. The summed E-state index contributed by atoms with van der Waals surface area (Å²) in [5, 5.41) is 11.5. The summed E-state index contributed by atoms with van der Waals surface area (Å²) in [6.07, 6.45) is 4.91. The van der Waals surface area contributed by atoms with Crippen LogP contribution in [-0.2, 0) is 11.8 Å². The van der Waals surface area contributed by atoms with Gasteiger partial charge in [0.25, 0.3) is 0 Å². The van der Waals surface area contributed by atoms with Crippen LogP contribution in [0, 0.1) is 4.77 Å². The van der Waals surface area contributed by atoms with Gasteiger partial charge in [0.2, 0.25) is 4.77 Å². The first-order chi connectivity index (χ1) is 10.4. The number of aryl methyl sites for hydroxylation is 1. The SMILES string of the molecule is CCCCc1n[nH]c(=S)n1/N=C/c1ccc(C(C)(C)C)cc1. The van der Waals surface area contributed by atoms with E-state index in [1.54, 1.807) is 4.68 Å². The molecule has 2 aromatic rings. The van der Waals surface area contributed by atoms with Crippen molar-refractivity contribution >= 4 is 18.4 Å². The summed E-state index contributed by atoms with van der Waals surface area (Å²) in [7, 11) is 0. The van der Waals surface area contributed by atoms with Crippen molar-refractivity contribution < 1.29 is 0 Å². The van der Waals surface area contributed by atoms with E-state index < -0.39 is 0 Å². The first kappa shape index (κ1) is 16.6. The Bertz CT molecular complexity index is 687. The van der Waals surface area contributed by atoms with Gasteiger partial charge in [-0.1, -0.05) is 58.4 Å². The minimum absolute atomic E-state index is 0.163. The van der Waals surface area contributed by atoms with Crippen molar-refractivity contribution in [2.75, 3.05) is 0 Å². The lowest BCUT2D eigenvalue weighted by molar-refractivity contribution is 0.590. The molecule has 0 unspecified atom stereocenters. The molecular formula is C17H24N4S. The van der Waals surface area contributed by atoms with Crippen LogP contribution in [0.1, 0.15) is 57.5 Å². The smallest absolute Gasteiger partial charge is 0.216 e. The predicted octanol–water partition coefficient (Wildman–Crippen LogP) is 4.46. The molecular weight excluding hydrogens is 292 g/mol. The van der Waals surface area contributed by atoms with Crippen molar-refractivity contribution in [2.24, 2.45) is 5.10 Å². The Balaban J connectivity index is 2.18. The molecule has 0 fully saturated rings. The monoisotopic (exact) mass is 316 g/mol. The van der Waals surface area contributed by atoms with Gasteiger partial charge in [-0.05, 0) is 35.2 Å². The van der Waals surface area contributed by atoms with Crippen molar-refractivity contribution in [3.05, 3.63) is 46.0 Å². The van der Waals surface area contributed by atoms with E-state index in [1.807, 2.05) is 6.21 Å². The fourth-order valence-corrected chi connectivity index (χ4v) is 2.33. The number of aromatic nitrogens is 3. The number of H-pyrrole nitrogens is 1. The van der Waals surface area contributed by atoms with Crippen molar-refractivity contribution in [3.63, 3.8) is 0 Å². The Labute approximate surface area is 137 Å². The van der Waals surface area contributed by atoms with Gasteiger partial charge in [0, 0.05) is 6.42 Å². The first-order valence-corrected chi connectivity index (χ1v) is 8.14. The van der Waals surface area contributed by atoms with Gasteiger partial charge in [0.15, 0.2) is 5.82 Å². The average Bonchev–Trinajstić information content (AvgIpc) is 2.83. The van der Waals surface area contributed by atoms with E-state index in [0.717, 1.165) is 30.7 Å². The maximum absolute atomic E-state index is 5.24. The topological polar surface area (TPSA) is 46.0 Å². The summed E-state index contributed by atoms with van der Waals surface area (Å²) in [4.78, 5) is 0. The Hall–Kier alpha value is -1.75. The van der Waals surface area contributed by atoms with Crippen LogP contribution in [0.2, 0.25) is 0 Å². The molecule has 1 aromatic heterocycles. The zero-order chi connectivity index (χ0) is 16.2. The first-order valence-electron chi connectivity index (χ1n) is 7.73. The van der Waals surface area contributed by atoms with Crippen LogP contribution in [0.3, 0.4) is 0 Å². The second-order valence-corrected chi connectivity index (χ2v) is 6.86. The fraction of sp³-hybridized carbons (Fsp3) is 0.471.